The van der Waals surface area contributed by atoms with Crippen molar-refractivity contribution in [3.63, 3.8) is 0 Å². The molecule has 2 aromatic rings. The molecule has 0 atom stereocenters. The molecule has 7 heteroatoms. The lowest BCUT2D eigenvalue weighted by atomic mass is 10.2. The molecule has 0 unspecified atom stereocenters. The van der Waals surface area contributed by atoms with Crippen molar-refractivity contribution in [3.8, 4) is 0 Å². The summed E-state index contributed by atoms with van der Waals surface area (Å²) >= 11 is 0. The number of benzene rings is 1. The fourth-order valence-electron chi connectivity index (χ4n) is 1.23. The second kappa shape index (κ2) is 2.97. The Morgan fingerprint density at radius 2 is 1.67 bits per heavy atom. The van der Waals surface area contributed by atoms with Crippen LogP contribution in [0.15, 0.2) is 15.7 Å². The van der Waals surface area contributed by atoms with Crippen molar-refractivity contribution < 1.29 is 13.2 Å². The second-order valence-electron chi connectivity index (χ2n) is 2.82. The van der Waals surface area contributed by atoms with Gasteiger partial charge in [0.15, 0.2) is 17.5 Å². The molecule has 0 spiro atoms. The minimum Gasteiger partial charge on any atom is -0.307 e. The van der Waals surface area contributed by atoms with Crippen LogP contribution in [0.3, 0.4) is 0 Å². The van der Waals surface area contributed by atoms with Gasteiger partial charge >= 0.3 is 5.69 Å². The van der Waals surface area contributed by atoms with Gasteiger partial charge in [0.05, 0.1) is 5.52 Å². The number of nitrogens with one attached hydrogen (secondary N) is 2. The molecule has 0 fully saturated rings. The van der Waals surface area contributed by atoms with Crippen LogP contribution < -0.4 is 11.2 Å². The predicted molar refractivity (Wildman–Crippen MR) is 45.1 cm³/mol. The number of hydrogen-bond acceptors (Lipinski definition) is 2. The summed E-state index contributed by atoms with van der Waals surface area (Å²) in [6.45, 7) is 0. The number of aromatic nitrogens is 2. The molecule has 2 N–H and O–H groups in total. The molecule has 1 aromatic carbocycles. The summed E-state index contributed by atoms with van der Waals surface area (Å²) in [6, 6.07) is 0.546. The molecule has 0 radical (unpaired) electrons. The molecule has 0 saturated carbocycles. The third-order valence-corrected chi connectivity index (χ3v) is 1.86. The average molecular weight is 216 g/mol. The zero-order chi connectivity index (χ0) is 11.2. The molecule has 2 rings (SSSR count). The molecule has 1 heterocycles. The molecular formula is C8H3F3N2O2. The van der Waals surface area contributed by atoms with Gasteiger partial charge in [-0.1, -0.05) is 0 Å². The highest BCUT2D eigenvalue weighted by Crippen LogP contribution is 2.17. The number of H-pyrrole nitrogens is 2. The smallest absolute Gasteiger partial charge is 0.307 e. The van der Waals surface area contributed by atoms with E-state index in [1.54, 1.807) is 4.98 Å². The SMILES string of the molecule is O=c1[nH]c(=O)c2c(F)c(F)c(F)cc2[nH]1. The van der Waals surface area contributed by atoms with Crippen molar-refractivity contribution in [2.24, 2.45) is 0 Å². The number of aromatic amines is 2. The van der Waals surface area contributed by atoms with E-state index in [0.29, 0.717) is 6.07 Å². The maximum atomic E-state index is 13.1. The van der Waals surface area contributed by atoms with Gasteiger partial charge in [0.2, 0.25) is 0 Å². The first-order valence-electron chi connectivity index (χ1n) is 3.80. The van der Waals surface area contributed by atoms with E-state index < -0.39 is 34.1 Å². The monoisotopic (exact) mass is 216 g/mol. The first kappa shape index (κ1) is 9.50. The van der Waals surface area contributed by atoms with E-state index in [4.69, 9.17) is 0 Å². The largest absolute Gasteiger partial charge is 0.326 e. The summed E-state index contributed by atoms with van der Waals surface area (Å²) in [4.78, 5) is 25.5. The molecule has 0 aliphatic heterocycles. The summed E-state index contributed by atoms with van der Waals surface area (Å²) in [7, 11) is 0. The van der Waals surface area contributed by atoms with Crippen LogP contribution >= 0.6 is 0 Å². The fourth-order valence-corrected chi connectivity index (χ4v) is 1.23. The molecule has 1 aromatic heterocycles. The van der Waals surface area contributed by atoms with E-state index in [1.165, 1.54) is 0 Å². The summed E-state index contributed by atoms with van der Waals surface area (Å²) in [5, 5.41) is -0.714. The van der Waals surface area contributed by atoms with E-state index in [9.17, 15) is 22.8 Å². The Hall–Kier alpha value is -2.05. The Morgan fingerprint density at radius 1 is 1.00 bits per heavy atom. The first-order chi connectivity index (χ1) is 7.00. The number of hydrogen-bond donors (Lipinski definition) is 2. The number of rotatable bonds is 0. The van der Waals surface area contributed by atoms with Crippen LogP contribution in [0.4, 0.5) is 13.2 Å². The fraction of sp³-hybridized carbons (Fsp3) is 0. The number of fused-ring (bicyclic) bond motifs is 1. The molecule has 0 saturated heterocycles. The van der Waals surface area contributed by atoms with Gasteiger partial charge in [0, 0.05) is 6.07 Å². The lowest BCUT2D eigenvalue weighted by Crippen LogP contribution is -2.23. The lowest BCUT2D eigenvalue weighted by Gasteiger charge is -1.99. The van der Waals surface area contributed by atoms with E-state index in [1.807, 2.05) is 4.98 Å². The van der Waals surface area contributed by atoms with Gasteiger partial charge in [0.1, 0.15) is 5.39 Å². The number of halogens is 3. The van der Waals surface area contributed by atoms with Crippen molar-refractivity contribution in [3.05, 3.63) is 44.4 Å². The lowest BCUT2D eigenvalue weighted by molar-refractivity contribution is 0.453. The van der Waals surface area contributed by atoms with Gasteiger partial charge < -0.3 is 4.98 Å². The average Bonchev–Trinajstić information content (AvgIpc) is 2.13. The molecule has 4 nitrogen and oxygen atoms in total. The van der Waals surface area contributed by atoms with E-state index in [0.717, 1.165) is 0 Å². The third-order valence-electron chi connectivity index (χ3n) is 1.86. The Balaban J connectivity index is 3.13. The molecule has 15 heavy (non-hydrogen) atoms. The highest BCUT2D eigenvalue weighted by molar-refractivity contribution is 5.77. The van der Waals surface area contributed by atoms with Crippen molar-refractivity contribution >= 4 is 10.9 Å². The Labute approximate surface area is 79.4 Å². The van der Waals surface area contributed by atoms with Gasteiger partial charge in [-0.25, -0.2) is 18.0 Å². The topological polar surface area (TPSA) is 65.7 Å². The summed E-state index contributed by atoms with van der Waals surface area (Å²) in [6.07, 6.45) is 0. The van der Waals surface area contributed by atoms with Crippen molar-refractivity contribution in [2.75, 3.05) is 0 Å². The Bertz CT molecular complexity index is 659. The molecular weight excluding hydrogens is 213 g/mol. The minimum atomic E-state index is -1.75. The second-order valence-corrected chi connectivity index (χ2v) is 2.82. The van der Waals surface area contributed by atoms with Gasteiger partial charge in [-0.3, -0.25) is 9.78 Å². The highest BCUT2D eigenvalue weighted by Gasteiger charge is 2.16. The summed E-state index contributed by atoms with van der Waals surface area (Å²) in [5.41, 5.74) is -2.41. The van der Waals surface area contributed by atoms with Crippen LogP contribution in [0.2, 0.25) is 0 Å². The maximum absolute atomic E-state index is 13.1. The molecule has 0 aliphatic carbocycles. The quantitative estimate of drug-likeness (QED) is 0.634. The summed E-state index contributed by atoms with van der Waals surface area (Å²) in [5.74, 6) is -4.84. The van der Waals surface area contributed by atoms with Crippen LogP contribution in [0, 0.1) is 17.5 Å². The van der Waals surface area contributed by atoms with Crippen LogP contribution in [-0.2, 0) is 0 Å². The van der Waals surface area contributed by atoms with E-state index in [-0.39, 0.29) is 5.52 Å². The zero-order valence-corrected chi connectivity index (χ0v) is 7.03. The van der Waals surface area contributed by atoms with Gasteiger partial charge in [-0.2, -0.15) is 0 Å². The van der Waals surface area contributed by atoms with Gasteiger partial charge in [0.25, 0.3) is 5.56 Å². The molecule has 0 amide bonds. The normalized spacial score (nSPS) is 10.9. The van der Waals surface area contributed by atoms with Crippen molar-refractivity contribution in [1.29, 1.82) is 0 Å². The predicted octanol–water partition coefficient (Wildman–Crippen LogP) is 0.634. The molecule has 78 valence electrons. The van der Waals surface area contributed by atoms with Gasteiger partial charge in [-0.05, 0) is 0 Å². The highest BCUT2D eigenvalue weighted by atomic mass is 19.2. The maximum Gasteiger partial charge on any atom is 0.326 e. The van der Waals surface area contributed by atoms with E-state index >= 15 is 0 Å². The van der Waals surface area contributed by atoms with Crippen LogP contribution in [0.25, 0.3) is 10.9 Å². The minimum absolute atomic E-state index is 0.389. The van der Waals surface area contributed by atoms with Crippen molar-refractivity contribution in [2.45, 2.75) is 0 Å². The van der Waals surface area contributed by atoms with Crippen LogP contribution in [0.1, 0.15) is 0 Å². The standard InChI is InChI=1S/C8H3F3N2O2/c9-2-1-3-4(6(11)5(2)10)7(14)13-8(15)12-3/h1H,(H2,12,13,14,15). The van der Waals surface area contributed by atoms with Crippen LogP contribution in [0.5, 0.6) is 0 Å². The Morgan fingerprint density at radius 3 is 2.33 bits per heavy atom. The summed E-state index contributed by atoms with van der Waals surface area (Å²) < 4.78 is 38.6. The first-order valence-corrected chi connectivity index (χ1v) is 3.80. The zero-order valence-electron chi connectivity index (χ0n) is 7.03. The molecule has 0 bridgehead atoms. The Kier molecular flexibility index (Phi) is 1.88. The van der Waals surface area contributed by atoms with E-state index in [2.05, 4.69) is 0 Å². The van der Waals surface area contributed by atoms with Crippen LogP contribution in [-0.4, -0.2) is 9.97 Å². The third kappa shape index (κ3) is 1.32. The molecule has 0 aliphatic rings. The van der Waals surface area contributed by atoms with Crippen molar-refractivity contribution in [1.82, 2.24) is 9.97 Å². The van der Waals surface area contributed by atoms with Gasteiger partial charge in [-0.15, -0.1) is 0 Å².